The first kappa shape index (κ1) is 14.9. The average Bonchev–Trinajstić information content (AvgIpc) is 2.69. The van der Waals surface area contributed by atoms with E-state index in [1.54, 1.807) is 18.5 Å². The molecule has 20 heavy (non-hydrogen) atoms. The monoisotopic (exact) mass is 295 g/mol. The van der Waals surface area contributed by atoms with Gasteiger partial charge in [-0.05, 0) is 11.6 Å². The molecule has 0 bridgehead atoms. The molecule has 0 radical (unpaired) electrons. The van der Waals surface area contributed by atoms with Gasteiger partial charge in [-0.15, -0.1) is 0 Å². The highest BCUT2D eigenvalue weighted by molar-refractivity contribution is 7.91. The predicted octanol–water partition coefficient (Wildman–Crippen LogP) is -0.0448. The van der Waals surface area contributed by atoms with Crippen LogP contribution in [0.1, 0.15) is 12.0 Å². The number of aromatic nitrogens is 1. The van der Waals surface area contributed by atoms with E-state index < -0.39 is 22.0 Å². The van der Waals surface area contributed by atoms with Crippen LogP contribution in [-0.2, 0) is 16.4 Å². The fourth-order valence-corrected chi connectivity index (χ4v) is 4.27. The van der Waals surface area contributed by atoms with Crippen molar-refractivity contribution in [3.05, 3.63) is 30.1 Å². The van der Waals surface area contributed by atoms with E-state index in [0.717, 1.165) is 5.56 Å². The summed E-state index contributed by atoms with van der Waals surface area (Å²) in [7, 11) is -3.20. The van der Waals surface area contributed by atoms with Gasteiger partial charge in [-0.3, -0.25) is 9.88 Å². The van der Waals surface area contributed by atoms with Crippen LogP contribution in [0.15, 0.2) is 24.5 Å². The fourth-order valence-electron chi connectivity index (χ4n) is 2.44. The molecule has 1 N–H and O–H groups in total. The first-order valence-corrected chi connectivity index (χ1v) is 8.22. The zero-order chi connectivity index (χ0) is 14.6. The third-order valence-corrected chi connectivity index (χ3v) is 5.08. The van der Waals surface area contributed by atoms with Gasteiger partial charge < -0.3 is 5.11 Å². The van der Waals surface area contributed by atoms with Gasteiger partial charge >= 0.3 is 0 Å². The van der Waals surface area contributed by atoms with Gasteiger partial charge in [0.05, 0.1) is 29.7 Å². The van der Waals surface area contributed by atoms with E-state index in [9.17, 15) is 13.5 Å². The van der Waals surface area contributed by atoms with E-state index in [-0.39, 0.29) is 11.5 Å². The number of nitriles is 1. The summed E-state index contributed by atoms with van der Waals surface area (Å²) in [5.74, 6) is -0.256. The maximum atomic E-state index is 11.6. The summed E-state index contributed by atoms with van der Waals surface area (Å²) in [4.78, 5) is 5.88. The Morgan fingerprint density at radius 1 is 1.50 bits per heavy atom. The Morgan fingerprint density at radius 3 is 2.85 bits per heavy atom. The molecule has 2 rings (SSSR count). The summed E-state index contributed by atoms with van der Waals surface area (Å²) in [5.41, 5.74) is 0.932. The van der Waals surface area contributed by atoms with Crippen LogP contribution in [0.3, 0.4) is 0 Å². The van der Waals surface area contributed by atoms with Crippen molar-refractivity contribution in [1.82, 2.24) is 9.88 Å². The minimum absolute atomic E-state index is 0.0557. The summed E-state index contributed by atoms with van der Waals surface area (Å²) in [6.45, 7) is 0.912. The van der Waals surface area contributed by atoms with Gasteiger partial charge in [0, 0.05) is 31.9 Å². The maximum Gasteiger partial charge on any atom is 0.154 e. The molecule has 0 spiro atoms. The largest absolute Gasteiger partial charge is 0.390 e. The Balaban J connectivity index is 2.14. The molecule has 1 aromatic rings. The Morgan fingerprint density at radius 2 is 2.30 bits per heavy atom. The highest BCUT2D eigenvalue weighted by Crippen LogP contribution is 2.20. The summed E-state index contributed by atoms with van der Waals surface area (Å²) < 4.78 is 23.2. The Labute approximate surface area is 118 Å². The number of pyridine rings is 1. The molecule has 2 unspecified atom stereocenters. The molecule has 1 aromatic heterocycles. The number of aliphatic hydroxyl groups is 1. The third kappa shape index (κ3) is 3.76. The molecule has 0 amide bonds. The number of hydrogen-bond acceptors (Lipinski definition) is 6. The van der Waals surface area contributed by atoms with Gasteiger partial charge in [0.2, 0.25) is 0 Å². The number of nitrogens with zero attached hydrogens (tertiary/aromatic N) is 3. The Bertz CT molecular complexity index is 583. The molecule has 2 atom stereocenters. The molecule has 1 saturated heterocycles. The second-order valence-corrected chi connectivity index (χ2v) is 7.11. The summed E-state index contributed by atoms with van der Waals surface area (Å²) in [6.07, 6.45) is 2.77. The van der Waals surface area contributed by atoms with Crippen molar-refractivity contribution in [2.75, 3.05) is 18.1 Å². The lowest BCUT2D eigenvalue weighted by Gasteiger charge is -2.29. The van der Waals surface area contributed by atoms with E-state index in [0.29, 0.717) is 19.5 Å². The topological polar surface area (TPSA) is 94.3 Å². The molecule has 1 aliphatic heterocycles. The second kappa shape index (κ2) is 6.31. The molecular formula is C13H17N3O3S. The predicted molar refractivity (Wildman–Crippen MR) is 73.3 cm³/mol. The van der Waals surface area contributed by atoms with Crippen LogP contribution in [-0.4, -0.2) is 53.6 Å². The quantitative estimate of drug-likeness (QED) is 0.819. The SMILES string of the molecule is N#CCCN(Cc1cccnc1)C1CS(=O)(=O)CC1O. The van der Waals surface area contributed by atoms with Crippen LogP contribution >= 0.6 is 0 Å². The van der Waals surface area contributed by atoms with Crippen LogP contribution in [0.5, 0.6) is 0 Å². The first-order valence-electron chi connectivity index (χ1n) is 6.40. The highest BCUT2D eigenvalue weighted by atomic mass is 32.2. The standard InChI is InChI=1S/C13H17N3O3S/c14-4-2-6-16(8-11-3-1-5-15-7-11)12-9-20(18,19)10-13(12)17/h1,3,5,7,12-13,17H,2,6,8-10H2. The lowest BCUT2D eigenvalue weighted by molar-refractivity contribution is 0.0795. The maximum absolute atomic E-state index is 11.6. The van der Waals surface area contributed by atoms with Gasteiger partial charge in [0.1, 0.15) is 0 Å². The van der Waals surface area contributed by atoms with Gasteiger partial charge in [0.15, 0.2) is 9.84 Å². The molecule has 6 nitrogen and oxygen atoms in total. The van der Waals surface area contributed by atoms with Crippen LogP contribution in [0.4, 0.5) is 0 Å². The van der Waals surface area contributed by atoms with Gasteiger partial charge in [-0.2, -0.15) is 5.26 Å². The van der Waals surface area contributed by atoms with Gasteiger partial charge in [-0.25, -0.2) is 8.42 Å². The van der Waals surface area contributed by atoms with Crippen LogP contribution in [0.25, 0.3) is 0 Å². The van der Waals surface area contributed by atoms with Crippen molar-refractivity contribution in [3.8, 4) is 6.07 Å². The number of aliphatic hydroxyl groups excluding tert-OH is 1. The normalized spacial score (nSPS) is 24.6. The molecule has 0 saturated carbocycles. The van der Waals surface area contributed by atoms with Crippen molar-refractivity contribution in [2.24, 2.45) is 0 Å². The highest BCUT2D eigenvalue weighted by Gasteiger charge is 2.39. The minimum Gasteiger partial charge on any atom is -0.390 e. The zero-order valence-corrected chi connectivity index (χ0v) is 11.8. The fraction of sp³-hybridized carbons (Fsp3) is 0.538. The van der Waals surface area contributed by atoms with Crippen molar-refractivity contribution in [2.45, 2.75) is 25.1 Å². The number of hydrogen-bond donors (Lipinski definition) is 1. The van der Waals surface area contributed by atoms with Crippen molar-refractivity contribution >= 4 is 9.84 Å². The van der Waals surface area contributed by atoms with E-state index in [2.05, 4.69) is 11.1 Å². The van der Waals surface area contributed by atoms with E-state index in [4.69, 9.17) is 5.26 Å². The van der Waals surface area contributed by atoms with Crippen LogP contribution < -0.4 is 0 Å². The lowest BCUT2D eigenvalue weighted by atomic mass is 10.1. The van der Waals surface area contributed by atoms with Gasteiger partial charge in [-0.1, -0.05) is 6.07 Å². The smallest absolute Gasteiger partial charge is 0.154 e. The Hall–Kier alpha value is -1.49. The first-order chi connectivity index (χ1) is 9.52. The summed E-state index contributed by atoms with van der Waals surface area (Å²) in [6, 6.07) is 5.30. The van der Waals surface area contributed by atoms with Crippen molar-refractivity contribution in [1.29, 1.82) is 5.26 Å². The molecule has 0 aromatic carbocycles. The van der Waals surface area contributed by atoms with Crippen molar-refractivity contribution < 1.29 is 13.5 Å². The van der Waals surface area contributed by atoms with E-state index >= 15 is 0 Å². The molecular weight excluding hydrogens is 278 g/mol. The molecule has 1 aliphatic rings. The Kier molecular flexibility index (Phi) is 4.70. The second-order valence-electron chi connectivity index (χ2n) is 4.95. The van der Waals surface area contributed by atoms with Gasteiger partial charge in [0.25, 0.3) is 0 Å². The molecule has 2 heterocycles. The number of rotatable bonds is 5. The van der Waals surface area contributed by atoms with Crippen LogP contribution in [0, 0.1) is 11.3 Å². The molecule has 7 heteroatoms. The average molecular weight is 295 g/mol. The minimum atomic E-state index is -3.20. The summed E-state index contributed by atoms with van der Waals surface area (Å²) in [5, 5.41) is 18.7. The lowest BCUT2D eigenvalue weighted by Crippen LogP contribution is -2.43. The molecule has 108 valence electrons. The molecule has 0 aliphatic carbocycles. The van der Waals surface area contributed by atoms with Crippen molar-refractivity contribution in [3.63, 3.8) is 0 Å². The zero-order valence-electron chi connectivity index (χ0n) is 11.0. The van der Waals surface area contributed by atoms with E-state index in [1.165, 1.54) is 0 Å². The van der Waals surface area contributed by atoms with Crippen LogP contribution in [0.2, 0.25) is 0 Å². The van der Waals surface area contributed by atoms with E-state index in [1.807, 2.05) is 11.0 Å². The number of sulfone groups is 1. The summed E-state index contributed by atoms with van der Waals surface area (Å²) >= 11 is 0. The molecule has 1 fully saturated rings. The third-order valence-electron chi connectivity index (χ3n) is 3.38.